The van der Waals surface area contributed by atoms with Crippen LogP contribution < -0.4 is 5.56 Å². The Labute approximate surface area is 140 Å². The van der Waals surface area contributed by atoms with E-state index in [1.807, 2.05) is 6.07 Å². The van der Waals surface area contributed by atoms with Gasteiger partial charge < -0.3 is 0 Å². The molecule has 0 spiro atoms. The third kappa shape index (κ3) is 2.35. The predicted molar refractivity (Wildman–Crippen MR) is 86.0 cm³/mol. The fraction of sp³-hybridized carbons (Fsp3) is 0.143. The van der Waals surface area contributed by atoms with Crippen molar-refractivity contribution in [1.82, 2.24) is 39.5 Å². The van der Waals surface area contributed by atoms with E-state index in [9.17, 15) is 4.79 Å². The number of halogens is 1. The lowest BCUT2D eigenvalue weighted by atomic mass is 10.2. The molecule has 4 rings (SSSR count). The highest BCUT2D eigenvalue weighted by atomic mass is 35.5. The summed E-state index contributed by atoms with van der Waals surface area (Å²) in [7, 11) is 1.71. The molecule has 0 aliphatic rings. The Morgan fingerprint density at radius 3 is 2.92 bits per heavy atom. The van der Waals surface area contributed by atoms with Gasteiger partial charge in [0.2, 0.25) is 0 Å². The van der Waals surface area contributed by atoms with Crippen LogP contribution in [0.5, 0.6) is 0 Å². The minimum absolute atomic E-state index is 0.225. The normalized spacial score (nSPS) is 11.2. The van der Waals surface area contributed by atoms with Gasteiger partial charge in [0.1, 0.15) is 18.0 Å². The zero-order chi connectivity index (χ0) is 16.7. The molecule has 9 nitrogen and oxygen atoms in total. The summed E-state index contributed by atoms with van der Waals surface area (Å²) in [6, 6.07) is 5.33. The smallest absolute Gasteiger partial charge is 0.267 e. The minimum Gasteiger partial charge on any atom is -0.267 e. The van der Waals surface area contributed by atoms with Crippen LogP contribution in [0.2, 0.25) is 5.02 Å². The van der Waals surface area contributed by atoms with Crippen LogP contribution in [0.4, 0.5) is 0 Å². The lowest BCUT2D eigenvalue weighted by molar-refractivity contribution is 0.592. The van der Waals surface area contributed by atoms with Gasteiger partial charge in [-0.2, -0.15) is 10.2 Å². The molecule has 0 fully saturated rings. The van der Waals surface area contributed by atoms with Crippen LogP contribution in [-0.2, 0) is 13.6 Å². The Kier molecular flexibility index (Phi) is 3.35. The maximum absolute atomic E-state index is 12.6. The van der Waals surface area contributed by atoms with Crippen LogP contribution in [0.3, 0.4) is 0 Å². The lowest BCUT2D eigenvalue weighted by Crippen LogP contribution is -2.25. The van der Waals surface area contributed by atoms with Crippen molar-refractivity contribution in [3.05, 3.63) is 58.0 Å². The molecule has 24 heavy (non-hydrogen) atoms. The third-order valence-corrected chi connectivity index (χ3v) is 3.89. The molecule has 0 amide bonds. The molecule has 120 valence electrons. The van der Waals surface area contributed by atoms with Crippen LogP contribution in [-0.4, -0.2) is 39.5 Å². The SMILES string of the molecule is Cn1ncc2c(=O)n(Cc3ccc(Cl)cc3-n3cncn3)nnc21. The average Bonchev–Trinajstić information content (AvgIpc) is 3.22. The van der Waals surface area contributed by atoms with Crippen molar-refractivity contribution in [2.24, 2.45) is 7.05 Å². The van der Waals surface area contributed by atoms with Gasteiger partial charge in [0, 0.05) is 12.1 Å². The van der Waals surface area contributed by atoms with E-state index in [2.05, 4.69) is 25.5 Å². The second kappa shape index (κ2) is 5.53. The van der Waals surface area contributed by atoms with Crippen LogP contribution in [0.15, 0.2) is 41.8 Å². The van der Waals surface area contributed by atoms with Crippen molar-refractivity contribution in [2.75, 3.05) is 0 Å². The Bertz CT molecular complexity index is 1080. The van der Waals surface area contributed by atoms with Gasteiger partial charge in [0.25, 0.3) is 5.56 Å². The molecule has 0 radical (unpaired) electrons. The van der Waals surface area contributed by atoms with Crippen LogP contribution >= 0.6 is 11.6 Å². The monoisotopic (exact) mass is 342 g/mol. The van der Waals surface area contributed by atoms with E-state index in [1.54, 1.807) is 30.2 Å². The first-order valence-corrected chi connectivity index (χ1v) is 7.40. The van der Waals surface area contributed by atoms with Crippen molar-refractivity contribution in [2.45, 2.75) is 6.54 Å². The van der Waals surface area contributed by atoms with E-state index in [0.29, 0.717) is 16.1 Å². The van der Waals surface area contributed by atoms with Crippen molar-refractivity contribution in [1.29, 1.82) is 0 Å². The fourth-order valence-electron chi connectivity index (χ4n) is 2.46. The standard InChI is InChI=1S/C14H11ClN8O/c1-21-13-11(5-17-21)14(24)22(20-19-13)6-9-2-3-10(15)4-12(9)23-8-16-7-18-23/h2-5,7-8H,6H2,1H3. The summed E-state index contributed by atoms with van der Waals surface area (Å²) in [6.07, 6.45) is 4.48. The molecule has 0 bridgehead atoms. The van der Waals surface area contributed by atoms with Crippen LogP contribution in [0, 0.1) is 0 Å². The lowest BCUT2D eigenvalue weighted by Gasteiger charge is -2.10. The highest BCUT2D eigenvalue weighted by Crippen LogP contribution is 2.20. The molecule has 0 aliphatic heterocycles. The van der Waals surface area contributed by atoms with Gasteiger partial charge in [-0.15, -0.1) is 5.10 Å². The van der Waals surface area contributed by atoms with Crippen molar-refractivity contribution >= 4 is 22.6 Å². The van der Waals surface area contributed by atoms with Gasteiger partial charge in [0.15, 0.2) is 5.65 Å². The Hall–Kier alpha value is -3.07. The molecule has 3 heterocycles. The zero-order valence-corrected chi connectivity index (χ0v) is 13.3. The van der Waals surface area contributed by atoms with Gasteiger partial charge in [-0.25, -0.2) is 19.0 Å². The molecule has 4 aromatic rings. The number of hydrogen-bond donors (Lipinski definition) is 0. The number of nitrogens with zero attached hydrogens (tertiary/aromatic N) is 8. The number of rotatable bonds is 3. The summed E-state index contributed by atoms with van der Waals surface area (Å²) in [5.74, 6) is 0. The summed E-state index contributed by atoms with van der Waals surface area (Å²) < 4.78 is 4.38. The molecule has 0 N–H and O–H groups in total. The molecule has 1 aromatic carbocycles. The minimum atomic E-state index is -0.257. The fourth-order valence-corrected chi connectivity index (χ4v) is 2.62. The molecule has 0 saturated carbocycles. The van der Waals surface area contributed by atoms with E-state index in [1.165, 1.54) is 21.9 Å². The topological polar surface area (TPSA) is 96.3 Å². The summed E-state index contributed by atoms with van der Waals surface area (Å²) in [5.41, 5.74) is 1.72. The Balaban J connectivity index is 1.82. The maximum atomic E-state index is 12.6. The average molecular weight is 343 g/mol. The summed E-state index contributed by atoms with van der Waals surface area (Å²) in [5, 5.41) is 17.2. The second-order valence-corrected chi connectivity index (χ2v) is 5.61. The third-order valence-electron chi connectivity index (χ3n) is 3.65. The van der Waals surface area contributed by atoms with Gasteiger partial charge in [-0.1, -0.05) is 22.9 Å². The predicted octanol–water partition coefficient (Wildman–Crippen LogP) is 0.807. The molecule has 0 unspecified atom stereocenters. The Morgan fingerprint density at radius 1 is 1.25 bits per heavy atom. The largest absolute Gasteiger partial charge is 0.281 e. The van der Waals surface area contributed by atoms with Crippen LogP contribution in [0.1, 0.15) is 5.56 Å². The number of benzene rings is 1. The molecular formula is C14H11ClN8O. The van der Waals surface area contributed by atoms with Gasteiger partial charge in [-0.05, 0) is 17.7 Å². The number of fused-ring (bicyclic) bond motifs is 1. The van der Waals surface area contributed by atoms with E-state index in [4.69, 9.17) is 11.6 Å². The molecule has 0 aliphatic carbocycles. The quantitative estimate of drug-likeness (QED) is 0.546. The first-order valence-electron chi connectivity index (χ1n) is 7.02. The van der Waals surface area contributed by atoms with E-state index in [-0.39, 0.29) is 12.1 Å². The van der Waals surface area contributed by atoms with E-state index < -0.39 is 0 Å². The zero-order valence-electron chi connectivity index (χ0n) is 12.5. The molecule has 10 heteroatoms. The molecule has 0 atom stereocenters. The summed E-state index contributed by atoms with van der Waals surface area (Å²) >= 11 is 6.08. The second-order valence-electron chi connectivity index (χ2n) is 5.17. The number of aryl methyl sites for hydroxylation is 1. The molecule has 0 saturated heterocycles. The van der Waals surface area contributed by atoms with Crippen molar-refractivity contribution < 1.29 is 0 Å². The van der Waals surface area contributed by atoms with Gasteiger partial charge in [-0.3, -0.25) is 4.79 Å². The van der Waals surface area contributed by atoms with Gasteiger partial charge in [0.05, 0.1) is 18.4 Å². The molecular weight excluding hydrogens is 332 g/mol. The first-order chi connectivity index (χ1) is 11.6. The van der Waals surface area contributed by atoms with E-state index in [0.717, 1.165) is 11.3 Å². The summed E-state index contributed by atoms with van der Waals surface area (Å²) in [4.78, 5) is 16.5. The van der Waals surface area contributed by atoms with Crippen LogP contribution in [0.25, 0.3) is 16.7 Å². The number of hydrogen-bond acceptors (Lipinski definition) is 6. The highest BCUT2D eigenvalue weighted by Gasteiger charge is 2.13. The number of aromatic nitrogens is 8. The highest BCUT2D eigenvalue weighted by molar-refractivity contribution is 6.30. The van der Waals surface area contributed by atoms with Crippen molar-refractivity contribution in [3.8, 4) is 5.69 Å². The van der Waals surface area contributed by atoms with Crippen molar-refractivity contribution in [3.63, 3.8) is 0 Å². The Morgan fingerprint density at radius 2 is 2.12 bits per heavy atom. The molecule has 3 aromatic heterocycles. The maximum Gasteiger partial charge on any atom is 0.281 e. The summed E-state index contributed by atoms with van der Waals surface area (Å²) in [6.45, 7) is 0.225. The van der Waals surface area contributed by atoms with Gasteiger partial charge >= 0.3 is 0 Å². The first kappa shape index (κ1) is 14.5. The van der Waals surface area contributed by atoms with E-state index >= 15 is 0 Å².